The van der Waals surface area contributed by atoms with E-state index in [9.17, 15) is 22.4 Å². The van der Waals surface area contributed by atoms with Gasteiger partial charge < -0.3 is 4.90 Å². The van der Waals surface area contributed by atoms with E-state index in [0.717, 1.165) is 6.42 Å². The highest BCUT2D eigenvalue weighted by Gasteiger charge is 2.35. The number of hydrogen-bond acceptors (Lipinski definition) is 4. The molecule has 27 heavy (non-hydrogen) atoms. The Morgan fingerprint density at radius 1 is 1.00 bits per heavy atom. The molecule has 0 aromatic heterocycles. The minimum atomic E-state index is -3.22. The molecule has 148 valence electrons. The molecule has 0 radical (unpaired) electrons. The number of nitrogens with zero attached hydrogens (tertiary/aromatic N) is 2. The Hall–Kier alpha value is -1.80. The van der Waals surface area contributed by atoms with Crippen LogP contribution >= 0.6 is 0 Å². The first-order valence-electron chi connectivity index (χ1n) is 9.29. The van der Waals surface area contributed by atoms with Crippen LogP contribution in [-0.4, -0.2) is 61.7 Å². The molecule has 6 nitrogen and oxygen atoms in total. The molecule has 1 amide bonds. The predicted octanol–water partition coefficient (Wildman–Crippen LogP) is 1.92. The van der Waals surface area contributed by atoms with Gasteiger partial charge in [0.25, 0.3) is 0 Å². The Kier molecular flexibility index (Phi) is 5.95. The molecule has 1 atom stereocenters. The summed E-state index contributed by atoms with van der Waals surface area (Å²) in [5, 5.41) is 0. The number of halogens is 1. The monoisotopic (exact) mass is 396 g/mol. The molecule has 3 rings (SSSR count). The normalized spacial score (nSPS) is 22.6. The maximum atomic E-state index is 13.1. The van der Waals surface area contributed by atoms with Gasteiger partial charge in [0.15, 0.2) is 5.78 Å². The van der Waals surface area contributed by atoms with Gasteiger partial charge in [-0.25, -0.2) is 17.1 Å². The molecule has 2 saturated heterocycles. The number of sulfonamides is 1. The summed E-state index contributed by atoms with van der Waals surface area (Å²) in [6.45, 7) is 1.72. The predicted molar refractivity (Wildman–Crippen MR) is 99.2 cm³/mol. The molecule has 1 unspecified atom stereocenters. The van der Waals surface area contributed by atoms with Gasteiger partial charge in [-0.3, -0.25) is 9.59 Å². The largest absolute Gasteiger partial charge is 0.342 e. The molecule has 1 aromatic carbocycles. The quantitative estimate of drug-likeness (QED) is 0.729. The Morgan fingerprint density at radius 3 is 2.22 bits per heavy atom. The third kappa shape index (κ3) is 4.73. The minimum absolute atomic E-state index is 0.0137. The second-order valence-electron chi connectivity index (χ2n) is 7.43. The fourth-order valence-electron chi connectivity index (χ4n) is 3.93. The molecule has 2 fully saturated rings. The standard InChI is InChI=1S/C19H25FN2O4S/c1-27(25,26)22-11-8-15(9-12-22)19(24)21-10-2-3-16(13-21)18(23)14-4-6-17(20)7-5-14/h4-7,15-16H,2-3,8-13H2,1H3. The topological polar surface area (TPSA) is 74.8 Å². The highest BCUT2D eigenvalue weighted by Crippen LogP contribution is 2.26. The summed E-state index contributed by atoms with van der Waals surface area (Å²) >= 11 is 0. The molecular weight excluding hydrogens is 371 g/mol. The van der Waals surface area contributed by atoms with Crippen molar-refractivity contribution in [2.45, 2.75) is 25.7 Å². The number of benzene rings is 1. The summed E-state index contributed by atoms with van der Waals surface area (Å²) < 4.78 is 37.7. The summed E-state index contributed by atoms with van der Waals surface area (Å²) in [7, 11) is -3.22. The molecule has 2 aliphatic rings. The number of likely N-dealkylation sites (tertiary alicyclic amines) is 1. The van der Waals surface area contributed by atoms with Gasteiger partial charge in [-0.15, -0.1) is 0 Å². The van der Waals surface area contributed by atoms with Gasteiger partial charge in [0.1, 0.15) is 5.82 Å². The van der Waals surface area contributed by atoms with Crippen LogP contribution in [0.5, 0.6) is 0 Å². The summed E-state index contributed by atoms with van der Waals surface area (Å²) in [4.78, 5) is 27.3. The van der Waals surface area contributed by atoms with Gasteiger partial charge in [-0.2, -0.15) is 0 Å². The fraction of sp³-hybridized carbons (Fsp3) is 0.579. The highest BCUT2D eigenvalue weighted by atomic mass is 32.2. The Labute approximate surface area is 159 Å². The third-order valence-electron chi connectivity index (χ3n) is 5.50. The van der Waals surface area contributed by atoms with Gasteiger partial charge in [0.05, 0.1) is 6.26 Å². The zero-order valence-electron chi connectivity index (χ0n) is 15.4. The van der Waals surface area contributed by atoms with Gasteiger partial charge >= 0.3 is 0 Å². The first-order valence-corrected chi connectivity index (χ1v) is 11.1. The van der Waals surface area contributed by atoms with Crippen LogP contribution in [0.15, 0.2) is 24.3 Å². The Balaban J connectivity index is 1.60. The molecular formula is C19H25FN2O4S. The average Bonchev–Trinajstić information content (AvgIpc) is 2.67. The smallest absolute Gasteiger partial charge is 0.225 e. The molecule has 2 aliphatic heterocycles. The van der Waals surface area contributed by atoms with Crippen LogP contribution in [0.2, 0.25) is 0 Å². The van der Waals surface area contributed by atoms with E-state index in [1.807, 2.05) is 0 Å². The second kappa shape index (κ2) is 8.06. The molecule has 0 saturated carbocycles. The lowest BCUT2D eigenvalue weighted by Gasteiger charge is -2.37. The van der Waals surface area contributed by atoms with E-state index >= 15 is 0 Å². The van der Waals surface area contributed by atoms with Crippen molar-refractivity contribution >= 4 is 21.7 Å². The lowest BCUT2D eigenvalue weighted by Crippen LogP contribution is -2.48. The first kappa shape index (κ1) is 19.9. The van der Waals surface area contributed by atoms with E-state index in [0.29, 0.717) is 51.0 Å². The summed E-state index contributed by atoms with van der Waals surface area (Å²) in [5.74, 6) is -0.890. The Morgan fingerprint density at radius 2 is 1.63 bits per heavy atom. The molecule has 0 aliphatic carbocycles. The number of amides is 1. The minimum Gasteiger partial charge on any atom is -0.342 e. The van der Waals surface area contributed by atoms with Crippen LogP contribution in [0, 0.1) is 17.7 Å². The summed E-state index contributed by atoms with van der Waals surface area (Å²) in [6, 6.07) is 5.52. The van der Waals surface area contributed by atoms with Crippen molar-refractivity contribution in [3.8, 4) is 0 Å². The molecule has 2 heterocycles. The van der Waals surface area contributed by atoms with Gasteiger partial charge in [0.2, 0.25) is 15.9 Å². The highest BCUT2D eigenvalue weighted by molar-refractivity contribution is 7.88. The second-order valence-corrected chi connectivity index (χ2v) is 9.41. The van der Waals surface area contributed by atoms with Crippen molar-refractivity contribution in [3.63, 3.8) is 0 Å². The summed E-state index contributed by atoms with van der Waals surface area (Å²) in [5.41, 5.74) is 0.470. The van der Waals surface area contributed by atoms with Crippen LogP contribution in [0.1, 0.15) is 36.0 Å². The van der Waals surface area contributed by atoms with E-state index in [2.05, 4.69) is 0 Å². The van der Waals surface area contributed by atoms with Crippen LogP contribution in [0.4, 0.5) is 4.39 Å². The zero-order chi connectivity index (χ0) is 19.6. The van der Waals surface area contributed by atoms with Gasteiger partial charge in [-0.1, -0.05) is 0 Å². The third-order valence-corrected chi connectivity index (χ3v) is 6.81. The number of hydrogen-bond donors (Lipinski definition) is 0. The summed E-state index contributed by atoms with van der Waals surface area (Å²) in [6.07, 6.45) is 3.68. The molecule has 8 heteroatoms. The van der Waals surface area contributed by atoms with Crippen molar-refractivity contribution in [2.75, 3.05) is 32.4 Å². The molecule has 0 spiro atoms. The van der Waals surface area contributed by atoms with Crippen molar-refractivity contribution in [3.05, 3.63) is 35.6 Å². The number of Topliss-reactive ketones (excluding diaryl/α,β-unsaturated/α-hetero) is 1. The van der Waals surface area contributed by atoms with Crippen LogP contribution < -0.4 is 0 Å². The maximum Gasteiger partial charge on any atom is 0.225 e. The number of ketones is 1. The van der Waals surface area contributed by atoms with E-state index in [1.165, 1.54) is 34.8 Å². The molecule has 0 N–H and O–H groups in total. The van der Waals surface area contributed by atoms with Gasteiger partial charge in [0, 0.05) is 43.6 Å². The average molecular weight is 396 g/mol. The van der Waals surface area contributed by atoms with Crippen LogP contribution in [-0.2, 0) is 14.8 Å². The molecule has 1 aromatic rings. The van der Waals surface area contributed by atoms with Crippen LogP contribution in [0.25, 0.3) is 0 Å². The van der Waals surface area contributed by atoms with E-state index < -0.39 is 10.0 Å². The van der Waals surface area contributed by atoms with Crippen molar-refractivity contribution in [2.24, 2.45) is 11.8 Å². The number of piperidine rings is 2. The van der Waals surface area contributed by atoms with Gasteiger partial charge in [-0.05, 0) is 49.9 Å². The van der Waals surface area contributed by atoms with E-state index in [-0.39, 0.29) is 29.3 Å². The SMILES string of the molecule is CS(=O)(=O)N1CCC(C(=O)N2CCCC(C(=O)c3ccc(F)cc3)C2)CC1. The van der Waals surface area contributed by atoms with Crippen molar-refractivity contribution in [1.29, 1.82) is 0 Å². The van der Waals surface area contributed by atoms with Crippen molar-refractivity contribution in [1.82, 2.24) is 9.21 Å². The molecule has 0 bridgehead atoms. The Bertz CT molecular complexity index is 802. The lowest BCUT2D eigenvalue weighted by atomic mass is 9.88. The number of carbonyl (C=O) groups excluding carboxylic acids is 2. The van der Waals surface area contributed by atoms with E-state index in [1.54, 1.807) is 4.90 Å². The first-order chi connectivity index (χ1) is 12.8. The number of carbonyl (C=O) groups is 2. The lowest BCUT2D eigenvalue weighted by molar-refractivity contribution is -0.138. The fourth-order valence-corrected chi connectivity index (χ4v) is 4.81. The maximum absolute atomic E-state index is 13.1. The van der Waals surface area contributed by atoms with Crippen molar-refractivity contribution < 1.29 is 22.4 Å². The zero-order valence-corrected chi connectivity index (χ0v) is 16.3. The van der Waals surface area contributed by atoms with E-state index in [4.69, 9.17) is 0 Å². The number of rotatable bonds is 4. The van der Waals surface area contributed by atoms with Crippen LogP contribution in [0.3, 0.4) is 0 Å².